The zero-order chi connectivity index (χ0) is 12.5. The quantitative estimate of drug-likeness (QED) is 0.706. The molecule has 2 rings (SSSR count). The predicted octanol–water partition coefficient (Wildman–Crippen LogP) is 0.655. The molecule has 2 unspecified atom stereocenters. The van der Waals surface area contributed by atoms with Crippen LogP contribution in [0.4, 0.5) is 0 Å². The maximum atomic E-state index is 11.8. The lowest BCUT2D eigenvalue weighted by Gasteiger charge is -2.24. The summed E-state index contributed by atoms with van der Waals surface area (Å²) in [6.07, 6.45) is 2.04. The van der Waals surface area contributed by atoms with Crippen LogP contribution in [0.3, 0.4) is 0 Å². The van der Waals surface area contributed by atoms with E-state index >= 15 is 0 Å². The summed E-state index contributed by atoms with van der Waals surface area (Å²) in [7, 11) is 0. The second-order valence-electron chi connectivity index (χ2n) is 5.76. The third kappa shape index (κ3) is 3.19. The first kappa shape index (κ1) is 12.4. The lowest BCUT2D eigenvalue weighted by Crippen LogP contribution is -2.47. The number of guanidine groups is 1. The molecule has 0 aromatic carbocycles. The van der Waals surface area contributed by atoms with Gasteiger partial charge in [-0.05, 0) is 33.6 Å². The molecule has 2 aliphatic heterocycles. The van der Waals surface area contributed by atoms with Crippen LogP contribution in [0.25, 0.3) is 0 Å². The molecular formula is C12H21N3O2. The van der Waals surface area contributed by atoms with E-state index in [1.807, 2.05) is 20.8 Å². The summed E-state index contributed by atoms with van der Waals surface area (Å²) >= 11 is 0. The number of ether oxygens (including phenoxy) is 1. The van der Waals surface area contributed by atoms with Crippen LogP contribution < -0.4 is 10.6 Å². The number of hydrogen-bond donors (Lipinski definition) is 2. The van der Waals surface area contributed by atoms with Crippen LogP contribution >= 0.6 is 0 Å². The summed E-state index contributed by atoms with van der Waals surface area (Å²) in [6.45, 7) is 7.57. The van der Waals surface area contributed by atoms with E-state index in [2.05, 4.69) is 15.6 Å². The van der Waals surface area contributed by atoms with Crippen LogP contribution in [0.1, 0.15) is 33.6 Å². The van der Waals surface area contributed by atoms with Crippen molar-refractivity contribution in [2.24, 2.45) is 10.9 Å². The fourth-order valence-corrected chi connectivity index (χ4v) is 2.17. The van der Waals surface area contributed by atoms with Crippen molar-refractivity contribution in [1.82, 2.24) is 10.6 Å². The van der Waals surface area contributed by atoms with Crippen LogP contribution in [-0.4, -0.2) is 36.7 Å². The third-order valence-corrected chi connectivity index (χ3v) is 2.91. The van der Waals surface area contributed by atoms with Crippen molar-refractivity contribution in [2.45, 2.75) is 45.2 Å². The van der Waals surface area contributed by atoms with Crippen LogP contribution in [0.2, 0.25) is 0 Å². The first-order valence-electron chi connectivity index (χ1n) is 6.20. The van der Waals surface area contributed by atoms with Gasteiger partial charge in [0, 0.05) is 18.1 Å². The molecule has 5 nitrogen and oxygen atoms in total. The number of rotatable bonds is 1. The monoisotopic (exact) mass is 239 g/mol. The van der Waals surface area contributed by atoms with Gasteiger partial charge in [-0.2, -0.15) is 0 Å². The Morgan fingerprint density at radius 3 is 2.82 bits per heavy atom. The van der Waals surface area contributed by atoms with E-state index in [1.165, 1.54) is 0 Å². The molecule has 0 spiro atoms. The number of hydrogen-bond acceptors (Lipinski definition) is 4. The number of aliphatic imine (C=N–C) groups is 1. The van der Waals surface area contributed by atoms with E-state index in [-0.39, 0.29) is 23.4 Å². The molecule has 0 bridgehead atoms. The average molecular weight is 239 g/mol. The number of nitrogens with one attached hydrogen (secondary N) is 2. The predicted molar refractivity (Wildman–Crippen MR) is 65.8 cm³/mol. The molecule has 17 heavy (non-hydrogen) atoms. The van der Waals surface area contributed by atoms with Gasteiger partial charge in [-0.3, -0.25) is 10.1 Å². The second-order valence-corrected chi connectivity index (χ2v) is 5.76. The summed E-state index contributed by atoms with van der Waals surface area (Å²) in [4.78, 5) is 16.3. The standard InChI is InChI=1S/C12H21N3O2/c1-12(2,3)15-11-13-9(10(16)14-11)8-5-4-6-17-7-8/h8-9H,4-7H2,1-3H3,(H2,13,14,15,16). The average Bonchev–Trinajstić information content (AvgIpc) is 2.58. The number of carbonyl (C=O) groups excluding carboxylic acids is 1. The fraction of sp³-hybridized carbons (Fsp3) is 0.833. The van der Waals surface area contributed by atoms with Crippen molar-refractivity contribution >= 4 is 11.9 Å². The van der Waals surface area contributed by atoms with E-state index < -0.39 is 0 Å². The molecule has 2 heterocycles. The molecule has 0 radical (unpaired) electrons. The topological polar surface area (TPSA) is 62.7 Å². The maximum absolute atomic E-state index is 11.8. The summed E-state index contributed by atoms with van der Waals surface area (Å²) in [5.41, 5.74) is -0.0932. The Labute approximate surface area is 102 Å². The Balaban J connectivity index is 2.00. The van der Waals surface area contributed by atoms with Crippen LogP contribution in [0, 0.1) is 5.92 Å². The minimum Gasteiger partial charge on any atom is -0.381 e. The highest BCUT2D eigenvalue weighted by atomic mass is 16.5. The summed E-state index contributed by atoms with van der Waals surface area (Å²) < 4.78 is 5.41. The highest BCUT2D eigenvalue weighted by molar-refractivity contribution is 6.05. The van der Waals surface area contributed by atoms with E-state index in [1.54, 1.807) is 0 Å². The largest absolute Gasteiger partial charge is 0.381 e. The molecule has 2 atom stereocenters. The molecule has 1 saturated heterocycles. The molecule has 2 aliphatic rings. The number of carbonyl (C=O) groups is 1. The number of nitrogens with zero attached hydrogens (tertiary/aromatic N) is 1. The van der Waals surface area contributed by atoms with Crippen molar-refractivity contribution in [3.05, 3.63) is 0 Å². The first-order valence-corrected chi connectivity index (χ1v) is 6.20. The van der Waals surface area contributed by atoms with Gasteiger partial charge in [-0.15, -0.1) is 0 Å². The van der Waals surface area contributed by atoms with Gasteiger partial charge in [0.25, 0.3) is 5.91 Å². The van der Waals surface area contributed by atoms with Gasteiger partial charge in [0.2, 0.25) is 0 Å². The SMILES string of the molecule is CC(C)(C)NC1=NC(C2CCCOC2)C(=O)N1. The minimum absolute atomic E-state index is 0.00718. The van der Waals surface area contributed by atoms with Gasteiger partial charge in [-0.1, -0.05) is 0 Å². The Morgan fingerprint density at radius 1 is 1.47 bits per heavy atom. The number of amides is 1. The Bertz CT molecular complexity index is 327. The fourth-order valence-electron chi connectivity index (χ4n) is 2.17. The third-order valence-electron chi connectivity index (χ3n) is 2.91. The molecule has 5 heteroatoms. The van der Waals surface area contributed by atoms with E-state index in [0.717, 1.165) is 19.4 Å². The second kappa shape index (κ2) is 4.64. The van der Waals surface area contributed by atoms with Gasteiger partial charge in [-0.25, -0.2) is 4.99 Å². The van der Waals surface area contributed by atoms with E-state index in [4.69, 9.17) is 4.74 Å². The van der Waals surface area contributed by atoms with Gasteiger partial charge >= 0.3 is 0 Å². The van der Waals surface area contributed by atoms with Crippen LogP contribution in [-0.2, 0) is 9.53 Å². The van der Waals surface area contributed by atoms with Crippen LogP contribution in [0.15, 0.2) is 4.99 Å². The van der Waals surface area contributed by atoms with Crippen molar-refractivity contribution < 1.29 is 9.53 Å². The normalized spacial score (nSPS) is 29.8. The minimum atomic E-state index is -0.278. The van der Waals surface area contributed by atoms with Crippen molar-refractivity contribution in [1.29, 1.82) is 0 Å². The van der Waals surface area contributed by atoms with Crippen molar-refractivity contribution in [2.75, 3.05) is 13.2 Å². The molecule has 0 aliphatic carbocycles. The summed E-state index contributed by atoms with van der Waals surface area (Å²) in [5.74, 6) is 0.813. The molecule has 1 fully saturated rings. The lowest BCUT2D eigenvalue weighted by molar-refractivity contribution is -0.122. The van der Waals surface area contributed by atoms with Gasteiger partial charge in [0.15, 0.2) is 5.96 Å². The summed E-state index contributed by atoms with van der Waals surface area (Å²) in [5, 5.41) is 6.00. The molecule has 0 aromatic heterocycles. The van der Waals surface area contributed by atoms with Crippen molar-refractivity contribution in [3.8, 4) is 0 Å². The molecule has 0 saturated carbocycles. The highest BCUT2D eigenvalue weighted by Crippen LogP contribution is 2.22. The van der Waals surface area contributed by atoms with Crippen LogP contribution in [0.5, 0.6) is 0 Å². The van der Waals surface area contributed by atoms with Gasteiger partial charge < -0.3 is 10.1 Å². The Hall–Kier alpha value is -1.10. The smallest absolute Gasteiger partial charge is 0.251 e. The molecule has 1 amide bonds. The molecule has 0 aromatic rings. The van der Waals surface area contributed by atoms with Gasteiger partial charge in [0.1, 0.15) is 6.04 Å². The van der Waals surface area contributed by atoms with E-state index in [0.29, 0.717) is 12.6 Å². The lowest BCUT2D eigenvalue weighted by atomic mass is 9.94. The maximum Gasteiger partial charge on any atom is 0.251 e. The van der Waals surface area contributed by atoms with E-state index in [9.17, 15) is 4.79 Å². The molecular weight excluding hydrogens is 218 g/mol. The zero-order valence-corrected chi connectivity index (χ0v) is 10.7. The Morgan fingerprint density at radius 2 is 2.24 bits per heavy atom. The molecule has 2 N–H and O–H groups in total. The highest BCUT2D eigenvalue weighted by Gasteiger charge is 2.35. The van der Waals surface area contributed by atoms with Crippen molar-refractivity contribution in [3.63, 3.8) is 0 Å². The van der Waals surface area contributed by atoms with Gasteiger partial charge in [0.05, 0.1) is 6.61 Å². The Kier molecular flexibility index (Phi) is 3.38. The summed E-state index contributed by atoms with van der Waals surface area (Å²) in [6, 6.07) is -0.278. The molecule has 96 valence electrons. The first-order chi connectivity index (χ1) is 7.96. The zero-order valence-electron chi connectivity index (χ0n) is 10.7.